The molecule has 2 atom stereocenters. The van der Waals surface area contributed by atoms with Crippen LogP contribution in [-0.4, -0.2) is 28.6 Å². The molecule has 0 spiro atoms. The van der Waals surface area contributed by atoms with Crippen LogP contribution in [0.15, 0.2) is 22.7 Å². The van der Waals surface area contributed by atoms with Crippen molar-refractivity contribution >= 4 is 0 Å². The van der Waals surface area contributed by atoms with E-state index in [0.717, 1.165) is 0 Å². The summed E-state index contributed by atoms with van der Waals surface area (Å²) in [6.07, 6.45) is 0. The maximum Gasteiger partial charge on any atom is 0.244 e. The zero-order valence-electron chi connectivity index (χ0n) is 13.2. The standard InChI is InChI=1S/C16H19FN4O/c1-10(8-18)9-21(4)12(3)16-19-15(20-22-16)13-6-5-11(2)14(17)7-13/h5-7,10,12H,9H2,1-4H3/t10-,12+/m0/s1. The highest BCUT2D eigenvalue weighted by molar-refractivity contribution is 5.54. The van der Waals surface area contributed by atoms with Crippen LogP contribution in [0.25, 0.3) is 11.4 Å². The van der Waals surface area contributed by atoms with Crippen molar-refractivity contribution in [2.24, 2.45) is 5.92 Å². The van der Waals surface area contributed by atoms with Crippen molar-refractivity contribution in [2.45, 2.75) is 26.8 Å². The molecule has 2 aromatic rings. The molecule has 1 heterocycles. The minimum atomic E-state index is -0.295. The van der Waals surface area contributed by atoms with Gasteiger partial charge in [0.2, 0.25) is 11.7 Å². The molecule has 5 nitrogen and oxygen atoms in total. The Kier molecular flexibility index (Phi) is 4.88. The highest BCUT2D eigenvalue weighted by Gasteiger charge is 2.20. The Labute approximate surface area is 129 Å². The van der Waals surface area contributed by atoms with Crippen LogP contribution in [0.2, 0.25) is 0 Å². The fourth-order valence-electron chi connectivity index (χ4n) is 2.07. The summed E-state index contributed by atoms with van der Waals surface area (Å²) in [4.78, 5) is 6.31. The Hall–Kier alpha value is -2.26. The summed E-state index contributed by atoms with van der Waals surface area (Å²) in [5.74, 6) is 0.434. The third-order valence-corrected chi connectivity index (χ3v) is 3.67. The minimum Gasteiger partial charge on any atom is -0.337 e. The molecule has 0 saturated heterocycles. The Bertz CT molecular complexity index is 692. The van der Waals surface area contributed by atoms with E-state index < -0.39 is 0 Å². The third-order valence-electron chi connectivity index (χ3n) is 3.67. The average Bonchev–Trinajstić information content (AvgIpc) is 2.98. The van der Waals surface area contributed by atoms with E-state index in [2.05, 4.69) is 16.2 Å². The second kappa shape index (κ2) is 6.67. The number of aryl methyl sites for hydroxylation is 1. The van der Waals surface area contributed by atoms with Gasteiger partial charge in [-0.1, -0.05) is 17.3 Å². The first-order chi connectivity index (χ1) is 10.4. The number of nitrogens with zero attached hydrogens (tertiary/aromatic N) is 4. The van der Waals surface area contributed by atoms with Gasteiger partial charge in [0.25, 0.3) is 0 Å². The van der Waals surface area contributed by atoms with E-state index in [1.165, 1.54) is 6.07 Å². The minimum absolute atomic E-state index is 0.0824. The molecule has 0 bridgehead atoms. The van der Waals surface area contributed by atoms with Gasteiger partial charge in [0, 0.05) is 12.1 Å². The van der Waals surface area contributed by atoms with Crippen LogP contribution in [-0.2, 0) is 0 Å². The van der Waals surface area contributed by atoms with E-state index in [4.69, 9.17) is 9.78 Å². The molecule has 6 heteroatoms. The maximum atomic E-state index is 13.6. The summed E-state index contributed by atoms with van der Waals surface area (Å²) >= 11 is 0. The first-order valence-electron chi connectivity index (χ1n) is 7.12. The Morgan fingerprint density at radius 2 is 2.14 bits per heavy atom. The van der Waals surface area contributed by atoms with Crippen LogP contribution >= 0.6 is 0 Å². The van der Waals surface area contributed by atoms with E-state index in [0.29, 0.717) is 29.4 Å². The summed E-state index contributed by atoms with van der Waals surface area (Å²) in [5.41, 5.74) is 1.16. The third kappa shape index (κ3) is 3.49. The molecule has 0 aliphatic carbocycles. The number of halogens is 1. The monoisotopic (exact) mass is 302 g/mol. The number of benzene rings is 1. The normalized spacial score (nSPS) is 13.9. The molecule has 1 aromatic heterocycles. The molecule has 0 N–H and O–H groups in total. The van der Waals surface area contributed by atoms with Gasteiger partial charge in [0.1, 0.15) is 5.82 Å². The summed E-state index contributed by atoms with van der Waals surface area (Å²) in [5, 5.41) is 12.8. The summed E-state index contributed by atoms with van der Waals surface area (Å²) in [6, 6.07) is 6.92. The molecule has 0 radical (unpaired) electrons. The van der Waals surface area contributed by atoms with Crippen molar-refractivity contribution in [3.05, 3.63) is 35.5 Å². The molecule has 22 heavy (non-hydrogen) atoms. The Morgan fingerprint density at radius 3 is 2.77 bits per heavy atom. The number of nitriles is 1. The Morgan fingerprint density at radius 1 is 1.41 bits per heavy atom. The molecule has 1 aromatic carbocycles. The molecule has 116 valence electrons. The largest absolute Gasteiger partial charge is 0.337 e. The molecular formula is C16H19FN4O. The fourth-order valence-corrected chi connectivity index (χ4v) is 2.07. The average molecular weight is 302 g/mol. The number of hydrogen-bond acceptors (Lipinski definition) is 5. The van der Waals surface area contributed by atoms with Gasteiger partial charge in [-0.15, -0.1) is 0 Å². The first-order valence-corrected chi connectivity index (χ1v) is 7.12. The van der Waals surface area contributed by atoms with Gasteiger partial charge in [0.15, 0.2) is 0 Å². The molecule has 0 aliphatic rings. The van der Waals surface area contributed by atoms with Gasteiger partial charge in [-0.25, -0.2) is 4.39 Å². The van der Waals surface area contributed by atoms with Crippen LogP contribution in [0.1, 0.15) is 31.3 Å². The Balaban J connectivity index is 2.17. The molecule has 0 amide bonds. The van der Waals surface area contributed by atoms with Gasteiger partial charge in [-0.2, -0.15) is 10.2 Å². The van der Waals surface area contributed by atoms with Crippen molar-refractivity contribution < 1.29 is 8.91 Å². The lowest BCUT2D eigenvalue weighted by Gasteiger charge is -2.22. The van der Waals surface area contributed by atoms with Gasteiger partial charge in [0.05, 0.1) is 18.0 Å². The highest BCUT2D eigenvalue weighted by atomic mass is 19.1. The second-order valence-corrected chi connectivity index (χ2v) is 5.57. The van der Waals surface area contributed by atoms with E-state index in [-0.39, 0.29) is 17.8 Å². The fraction of sp³-hybridized carbons (Fsp3) is 0.438. The highest BCUT2D eigenvalue weighted by Crippen LogP contribution is 2.23. The van der Waals surface area contributed by atoms with E-state index in [1.807, 2.05) is 25.8 Å². The molecule has 0 fully saturated rings. The van der Waals surface area contributed by atoms with Crippen molar-refractivity contribution in [1.29, 1.82) is 5.26 Å². The van der Waals surface area contributed by atoms with Gasteiger partial charge in [-0.3, -0.25) is 4.90 Å². The summed E-state index contributed by atoms with van der Waals surface area (Å²) in [6.45, 7) is 6.09. The predicted octanol–water partition coefficient (Wildman–Crippen LogP) is 3.34. The van der Waals surface area contributed by atoms with Crippen LogP contribution < -0.4 is 0 Å². The zero-order chi connectivity index (χ0) is 16.3. The maximum absolute atomic E-state index is 13.6. The molecule has 0 saturated carbocycles. The van der Waals surface area contributed by atoms with Crippen LogP contribution in [0, 0.1) is 30.0 Å². The molecule has 2 rings (SSSR count). The van der Waals surface area contributed by atoms with Gasteiger partial charge in [-0.05, 0) is 39.4 Å². The van der Waals surface area contributed by atoms with Crippen molar-refractivity contribution in [3.63, 3.8) is 0 Å². The lowest BCUT2D eigenvalue weighted by Crippen LogP contribution is -2.27. The zero-order valence-corrected chi connectivity index (χ0v) is 13.2. The van der Waals surface area contributed by atoms with E-state index in [9.17, 15) is 4.39 Å². The lowest BCUT2D eigenvalue weighted by atomic mass is 10.1. The second-order valence-electron chi connectivity index (χ2n) is 5.57. The van der Waals surface area contributed by atoms with Crippen LogP contribution in [0.4, 0.5) is 4.39 Å². The first kappa shape index (κ1) is 16.1. The lowest BCUT2D eigenvalue weighted by molar-refractivity contribution is 0.198. The smallest absolute Gasteiger partial charge is 0.244 e. The SMILES string of the molecule is Cc1ccc(-c2noc([C@@H](C)N(C)C[C@@H](C)C#N)n2)cc1F. The van der Waals surface area contributed by atoms with Gasteiger partial charge < -0.3 is 4.52 Å². The van der Waals surface area contributed by atoms with Crippen molar-refractivity contribution in [2.75, 3.05) is 13.6 Å². The van der Waals surface area contributed by atoms with E-state index >= 15 is 0 Å². The van der Waals surface area contributed by atoms with Crippen LogP contribution in [0.5, 0.6) is 0 Å². The van der Waals surface area contributed by atoms with Crippen molar-refractivity contribution in [3.8, 4) is 17.5 Å². The van der Waals surface area contributed by atoms with Crippen LogP contribution in [0.3, 0.4) is 0 Å². The topological polar surface area (TPSA) is 66.0 Å². The number of hydrogen-bond donors (Lipinski definition) is 0. The van der Waals surface area contributed by atoms with Crippen molar-refractivity contribution in [1.82, 2.24) is 15.0 Å². The van der Waals surface area contributed by atoms with E-state index in [1.54, 1.807) is 19.1 Å². The van der Waals surface area contributed by atoms with Gasteiger partial charge >= 0.3 is 0 Å². The number of rotatable bonds is 5. The summed E-state index contributed by atoms with van der Waals surface area (Å²) in [7, 11) is 1.90. The molecular weight excluding hydrogens is 283 g/mol. The number of aromatic nitrogens is 2. The summed E-state index contributed by atoms with van der Waals surface area (Å²) < 4.78 is 18.9. The molecule has 0 aliphatic heterocycles. The quantitative estimate of drug-likeness (QED) is 0.847. The predicted molar refractivity (Wildman–Crippen MR) is 80.3 cm³/mol. The molecule has 0 unspecified atom stereocenters.